The van der Waals surface area contributed by atoms with E-state index in [1.54, 1.807) is 4.68 Å². The van der Waals surface area contributed by atoms with Crippen LogP contribution in [0.1, 0.15) is 35.0 Å². The van der Waals surface area contributed by atoms with Crippen molar-refractivity contribution < 1.29 is 5.11 Å². The molecule has 1 N–H and O–H groups in total. The Morgan fingerprint density at radius 3 is 2.78 bits per heavy atom. The maximum Gasteiger partial charge on any atom is 0.0972 e. The van der Waals surface area contributed by atoms with E-state index >= 15 is 0 Å². The van der Waals surface area contributed by atoms with Crippen molar-refractivity contribution in [3.05, 3.63) is 27.0 Å². The largest absolute Gasteiger partial charge is 0.387 e. The summed E-state index contributed by atoms with van der Waals surface area (Å²) in [5, 5.41) is 19.1. The van der Waals surface area contributed by atoms with Crippen molar-refractivity contribution in [1.82, 2.24) is 19.4 Å². The molecule has 0 saturated carbocycles. The number of aryl methyl sites for hydroxylation is 3. The highest BCUT2D eigenvalue weighted by Gasteiger charge is 2.20. The molecule has 0 saturated heterocycles. The molecule has 0 spiro atoms. The SMILES string of the molecule is CCc1nnsc1C(O)Cc1c(Cl)c(C)nn1C. The van der Waals surface area contributed by atoms with Gasteiger partial charge in [-0.25, -0.2) is 0 Å². The van der Waals surface area contributed by atoms with Crippen LogP contribution in [0.5, 0.6) is 0 Å². The number of nitrogens with zero attached hydrogens (tertiary/aromatic N) is 4. The van der Waals surface area contributed by atoms with Gasteiger partial charge in [0.2, 0.25) is 0 Å². The van der Waals surface area contributed by atoms with E-state index in [1.807, 2.05) is 20.9 Å². The summed E-state index contributed by atoms with van der Waals surface area (Å²) in [7, 11) is 1.83. The lowest BCUT2D eigenvalue weighted by Crippen LogP contribution is -2.07. The minimum Gasteiger partial charge on any atom is -0.387 e. The molecule has 0 aromatic carbocycles. The minimum absolute atomic E-state index is 0.424. The van der Waals surface area contributed by atoms with Crippen LogP contribution in [0.3, 0.4) is 0 Å². The molecular formula is C11H15ClN4OS. The van der Waals surface area contributed by atoms with Crippen molar-refractivity contribution in [3.8, 4) is 0 Å². The molecule has 2 aromatic rings. The first kappa shape index (κ1) is 13.5. The van der Waals surface area contributed by atoms with Crippen molar-refractivity contribution in [2.75, 3.05) is 0 Å². The predicted octanol–water partition coefficient (Wildman–Crippen LogP) is 2.07. The van der Waals surface area contributed by atoms with E-state index in [2.05, 4.69) is 14.7 Å². The van der Waals surface area contributed by atoms with Gasteiger partial charge in [0.25, 0.3) is 0 Å². The molecular weight excluding hydrogens is 272 g/mol. The second kappa shape index (κ2) is 5.34. The average Bonchev–Trinajstić information content (AvgIpc) is 2.90. The number of hydrogen-bond donors (Lipinski definition) is 1. The molecule has 7 heteroatoms. The monoisotopic (exact) mass is 286 g/mol. The molecule has 2 heterocycles. The van der Waals surface area contributed by atoms with Gasteiger partial charge in [-0.15, -0.1) is 5.10 Å². The first-order chi connectivity index (χ1) is 8.54. The second-order valence-electron chi connectivity index (χ2n) is 4.13. The third-order valence-corrected chi connectivity index (χ3v) is 4.23. The van der Waals surface area contributed by atoms with Crippen LogP contribution >= 0.6 is 23.1 Å². The quantitative estimate of drug-likeness (QED) is 0.934. The van der Waals surface area contributed by atoms with E-state index in [4.69, 9.17) is 11.6 Å². The molecule has 0 aliphatic rings. The lowest BCUT2D eigenvalue weighted by molar-refractivity contribution is 0.178. The number of aliphatic hydroxyl groups excluding tert-OH is 1. The molecule has 0 aliphatic carbocycles. The Labute approximate surface area is 115 Å². The van der Waals surface area contributed by atoms with E-state index < -0.39 is 6.10 Å². The molecule has 18 heavy (non-hydrogen) atoms. The maximum absolute atomic E-state index is 10.3. The Morgan fingerprint density at radius 2 is 2.22 bits per heavy atom. The van der Waals surface area contributed by atoms with Crippen LogP contribution in [0.15, 0.2) is 0 Å². The molecule has 0 amide bonds. The standard InChI is InChI=1S/C11H15ClN4OS/c1-4-7-11(18-15-13-7)9(17)5-8-10(12)6(2)14-16(8)3/h9,17H,4-5H2,1-3H3. The molecule has 5 nitrogen and oxygen atoms in total. The fourth-order valence-corrected chi connectivity index (χ4v) is 2.85. The van der Waals surface area contributed by atoms with E-state index in [-0.39, 0.29) is 0 Å². The van der Waals surface area contributed by atoms with Gasteiger partial charge in [0, 0.05) is 13.5 Å². The summed E-state index contributed by atoms with van der Waals surface area (Å²) in [6, 6.07) is 0. The van der Waals surface area contributed by atoms with Crippen molar-refractivity contribution in [3.63, 3.8) is 0 Å². The average molecular weight is 287 g/mol. The summed E-state index contributed by atoms with van der Waals surface area (Å²) < 4.78 is 5.59. The van der Waals surface area contributed by atoms with Crippen LogP contribution in [0.25, 0.3) is 0 Å². The van der Waals surface area contributed by atoms with Crippen LogP contribution in [0, 0.1) is 6.92 Å². The zero-order valence-electron chi connectivity index (χ0n) is 10.5. The Morgan fingerprint density at radius 1 is 1.50 bits per heavy atom. The molecule has 2 aromatic heterocycles. The smallest absolute Gasteiger partial charge is 0.0972 e. The highest BCUT2D eigenvalue weighted by molar-refractivity contribution is 7.05. The summed E-state index contributed by atoms with van der Waals surface area (Å²) in [4.78, 5) is 0.812. The summed E-state index contributed by atoms with van der Waals surface area (Å²) >= 11 is 7.41. The van der Waals surface area contributed by atoms with Gasteiger partial charge in [0.15, 0.2) is 0 Å². The van der Waals surface area contributed by atoms with Crippen LogP contribution in [-0.4, -0.2) is 24.5 Å². The Bertz CT molecular complexity index is 551. The van der Waals surface area contributed by atoms with Gasteiger partial charge in [0.1, 0.15) is 0 Å². The van der Waals surface area contributed by atoms with Crippen molar-refractivity contribution >= 4 is 23.1 Å². The zero-order chi connectivity index (χ0) is 13.3. The molecule has 98 valence electrons. The lowest BCUT2D eigenvalue weighted by atomic mass is 10.1. The molecule has 0 radical (unpaired) electrons. The molecule has 2 rings (SSSR count). The Balaban J connectivity index is 2.24. The molecule has 1 unspecified atom stereocenters. The predicted molar refractivity (Wildman–Crippen MR) is 70.9 cm³/mol. The number of hydrogen-bond acceptors (Lipinski definition) is 5. The van der Waals surface area contributed by atoms with E-state index in [0.29, 0.717) is 11.4 Å². The van der Waals surface area contributed by atoms with Crippen LogP contribution in [-0.2, 0) is 19.9 Å². The first-order valence-corrected chi connectivity index (χ1v) is 6.86. The number of rotatable bonds is 4. The van der Waals surface area contributed by atoms with Gasteiger partial charge in [-0.05, 0) is 24.9 Å². The first-order valence-electron chi connectivity index (χ1n) is 5.71. The number of aliphatic hydroxyl groups is 1. The van der Waals surface area contributed by atoms with Crippen LogP contribution < -0.4 is 0 Å². The van der Waals surface area contributed by atoms with Crippen molar-refractivity contribution in [2.45, 2.75) is 32.8 Å². The van der Waals surface area contributed by atoms with Gasteiger partial charge in [0.05, 0.1) is 33.1 Å². The summed E-state index contributed by atoms with van der Waals surface area (Å²) in [5.41, 5.74) is 2.46. The topological polar surface area (TPSA) is 63.8 Å². The fraction of sp³-hybridized carbons (Fsp3) is 0.545. The summed E-state index contributed by atoms with van der Waals surface area (Å²) in [6.07, 6.45) is 0.556. The minimum atomic E-state index is -0.632. The van der Waals surface area contributed by atoms with Crippen molar-refractivity contribution in [2.24, 2.45) is 7.05 Å². The maximum atomic E-state index is 10.3. The summed E-state index contributed by atoms with van der Waals surface area (Å²) in [5.74, 6) is 0. The van der Waals surface area contributed by atoms with Gasteiger partial charge in [-0.1, -0.05) is 23.0 Å². The van der Waals surface area contributed by atoms with E-state index in [1.165, 1.54) is 11.5 Å². The van der Waals surface area contributed by atoms with Gasteiger partial charge in [-0.2, -0.15) is 5.10 Å². The Hall–Kier alpha value is -0.980. The van der Waals surface area contributed by atoms with Crippen molar-refractivity contribution in [1.29, 1.82) is 0 Å². The van der Waals surface area contributed by atoms with E-state index in [0.717, 1.165) is 28.4 Å². The number of aromatic nitrogens is 4. The normalized spacial score (nSPS) is 12.9. The Kier molecular flexibility index (Phi) is 3.99. The highest BCUT2D eigenvalue weighted by atomic mass is 35.5. The highest BCUT2D eigenvalue weighted by Crippen LogP contribution is 2.28. The molecule has 1 atom stereocenters. The lowest BCUT2D eigenvalue weighted by Gasteiger charge is -2.09. The third kappa shape index (κ3) is 2.41. The van der Waals surface area contributed by atoms with Gasteiger partial charge >= 0.3 is 0 Å². The molecule has 0 aliphatic heterocycles. The molecule has 0 fully saturated rings. The zero-order valence-corrected chi connectivity index (χ0v) is 12.1. The van der Waals surface area contributed by atoms with E-state index in [9.17, 15) is 5.11 Å². The third-order valence-electron chi connectivity index (χ3n) is 2.87. The van der Waals surface area contributed by atoms with Crippen LogP contribution in [0.2, 0.25) is 5.02 Å². The fourth-order valence-electron chi connectivity index (χ4n) is 1.89. The second-order valence-corrected chi connectivity index (χ2v) is 5.29. The van der Waals surface area contributed by atoms with Crippen LogP contribution in [0.4, 0.5) is 0 Å². The summed E-state index contributed by atoms with van der Waals surface area (Å²) in [6.45, 7) is 3.85. The number of halogens is 1. The van der Waals surface area contributed by atoms with Gasteiger partial charge in [-0.3, -0.25) is 4.68 Å². The molecule has 0 bridgehead atoms. The van der Waals surface area contributed by atoms with Gasteiger partial charge < -0.3 is 5.11 Å².